The highest BCUT2D eigenvalue weighted by Crippen LogP contribution is 2.46. The van der Waals surface area contributed by atoms with E-state index in [-0.39, 0.29) is 24.0 Å². The first kappa shape index (κ1) is 20.9. The second-order valence-electron chi connectivity index (χ2n) is 8.96. The Hall–Kier alpha value is -2.97. The molecular weight excluding hydrogens is 422 g/mol. The van der Waals surface area contributed by atoms with Crippen molar-refractivity contribution in [3.63, 3.8) is 0 Å². The molecule has 0 radical (unpaired) electrons. The van der Waals surface area contributed by atoms with Crippen LogP contribution in [0, 0.1) is 6.92 Å². The van der Waals surface area contributed by atoms with Gasteiger partial charge in [0.2, 0.25) is 0 Å². The average Bonchev–Trinajstić information content (AvgIpc) is 3.33. The van der Waals surface area contributed by atoms with E-state index in [9.17, 15) is 9.59 Å². The van der Waals surface area contributed by atoms with Crippen molar-refractivity contribution in [3.8, 4) is 0 Å². The van der Waals surface area contributed by atoms with Crippen LogP contribution in [0.2, 0.25) is 0 Å². The molecule has 5 rings (SSSR count). The SMILES string of the molecule is Cc1cc(C(C)C)ccc1N1C(=O)Nc2c(C(=O)N[C@@H]3CCC[C@@H]3N)sc3nccc1c23. The van der Waals surface area contributed by atoms with E-state index >= 15 is 0 Å². The van der Waals surface area contributed by atoms with Gasteiger partial charge in [0, 0.05) is 18.3 Å². The van der Waals surface area contributed by atoms with E-state index in [1.54, 1.807) is 11.1 Å². The lowest BCUT2D eigenvalue weighted by atomic mass is 9.99. The van der Waals surface area contributed by atoms with E-state index in [1.165, 1.54) is 16.9 Å². The molecule has 3 aromatic rings. The fourth-order valence-corrected chi connectivity index (χ4v) is 5.70. The number of nitrogens with zero attached hydrogens (tertiary/aromatic N) is 2. The van der Waals surface area contributed by atoms with E-state index in [0.29, 0.717) is 16.5 Å². The van der Waals surface area contributed by atoms with E-state index < -0.39 is 0 Å². The summed E-state index contributed by atoms with van der Waals surface area (Å²) in [5, 5.41) is 6.83. The maximum atomic E-state index is 13.3. The Labute approximate surface area is 191 Å². The summed E-state index contributed by atoms with van der Waals surface area (Å²) in [7, 11) is 0. The van der Waals surface area contributed by atoms with Gasteiger partial charge in [-0.15, -0.1) is 11.3 Å². The van der Waals surface area contributed by atoms with Crippen molar-refractivity contribution >= 4 is 50.6 Å². The van der Waals surface area contributed by atoms with Crippen molar-refractivity contribution in [3.05, 3.63) is 46.5 Å². The molecule has 2 aliphatic rings. The lowest BCUT2D eigenvalue weighted by Crippen LogP contribution is -2.44. The number of thiophene rings is 1. The quantitative estimate of drug-likeness (QED) is 0.520. The number of hydrogen-bond donors (Lipinski definition) is 3. The maximum absolute atomic E-state index is 13.3. The molecule has 166 valence electrons. The molecule has 2 atom stereocenters. The third kappa shape index (κ3) is 3.34. The summed E-state index contributed by atoms with van der Waals surface area (Å²) < 4.78 is 0. The molecule has 1 aliphatic heterocycles. The van der Waals surface area contributed by atoms with E-state index in [1.807, 2.05) is 19.1 Å². The van der Waals surface area contributed by atoms with Gasteiger partial charge < -0.3 is 16.4 Å². The molecule has 3 heterocycles. The Bertz CT molecular complexity index is 1230. The van der Waals surface area contributed by atoms with Crippen LogP contribution in [0.5, 0.6) is 0 Å². The summed E-state index contributed by atoms with van der Waals surface area (Å²) in [5.41, 5.74) is 10.5. The minimum Gasteiger partial charge on any atom is -0.347 e. The number of anilines is 3. The minimum absolute atomic E-state index is 0.0276. The summed E-state index contributed by atoms with van der Waals surface area (Å²) in [6.45, 7) is 6.31. The second kappa shape index (κ2) is 7.86. The number of hydrogen-bond acceptors (Lipinski definition) is 5. The smallest absolute Gasteiger partial charge is 0.331 e. The van der Waals surface area contributed by atoms with Gasteiger partial charge >= 0.3 is 6.03 Å². The highest BCUT2D eigenvalue weighted by molar-refractivity contribution is 7.21. The zero-order chi connectivity index (χ0) is 22.6. The lowest BCUT2D eigenvalue weighted by Gasteiger charge is -2.30. The van der Waals surface area contributed by atoms with Gasteiger partial charge in [0.1, 0.15) is 9.71 Å². The molecule has 0 saturated heterocycles. The highest BCUT2D eigenvalue weighted by Gasteiger charge is 2.34. The van der Waals surface area contributed by atoms with Crippen LogP contribution in [-0.4, -0.2) is 29.0 Å². The molecule has 0 spiro atoms. The van der Waals surface area contributed by atoms with Crippen molar-refractivity contribution in [2.24, 2.45) is 5.73 Å². The number of benzene rings is 1. The first-order valence-corrected chi connectivity index (χ1v) is 11.9. The number of carbonyl (C=O) groups excluding carboxylic acids is 2. The van der Waals surface area contributed by atoms with Crippen LogP contribution >= 0.6 is 11.3 Å². The summed E-state index contributed by atoms with van der Waals surface area (Å²) >= 11 is 1.30. The number of amides is 3. The monoisotopic (exact) mass is 449 g/mol. The molecule has 4 N–H and O–H groups in total. The predicted molar refractivity (Wildman–Crippen MR) is 129 cm³/mol. The highest BCUT2D eigenvalue weighted by atomic mass is 32.1. The van der Waals surface area contributed by atoms with Gasteiger partial charge in [-0.05, 0) is 55.4 Å². The zero-order valence-corrected chi connectivity index (χ0v) is 19.3. The summed E-state index contributed by atoms with van der Waals surface area (Å²) in [4.78, 5) is 33.7. The molecule has 7 nitrogen and oxygen atoms in total. The molecule has 0 bridgehead atoms. The molecule has 1 saturated carbocycles. The normalized spacial score (nSPS) is 20.2. The predicted octanol–water partition coefficient (Wildman–Crippen LogP) is 5.02. The maximum Gasteiger partial charge on any atom is 0.331 e. The van der Waals surface area contributed by atoms with Crippen molar-refractivity contribution in [1.82, 2.24) is 10.3 Å². The summed E-state index contributed by atoms with van der Waals surface area (Å²) in [6.07, 6.45) is 4.49. The molecular formula is C24H27N5O2S. The van der Waals surface area contributed by atoms with Gasteiger partial charge in [0.15, 0.2) is 0 Å². The average molecular weight is 450 g/mol. The Morgan fingerprint density at radius 2 is 2.09 bits per heavy atom. The third-order valence-corrected chi connectivity index (χ3v) is 7.56. The number of carbonyl (C=O) groups is 2. The summed E-state index contributed by atoms with van der Waals surface area (Å²) in [6, 6.07) is 7.66. The molecule has 1 fully saturated rings. The van der Waals surface area contributed by atoms with Gasteiger partial charge in [0.25, 0.3) is 5.91 Å². The van der Waals surface area contributed by atoms with E-state index in [2.05, 4.69) is 41.6 Å². The van der Waals surface area contributed by atoms with Crippen LogP contribution in [0.4, 0.5) is 21.9 Å². The first-order valence-electron chi connectivity index (χ1n) is 11.0. The Kier molecular flexibility index (Phi) is 5.14. The molecule has 0 unspecified atom stereocenters. The Morgan fingerprint density at radius 3 is 2.78 bits per heavy atom. The first-order chi connectivity index (χ1) is 15.3. The number of nitrogens with two attached hydrogens (primary N) is 1. The molecule has 2 aromatic heterocycles. The number of aryl methyl sites for hydroxylation is 1. The van der Waals surface area contributed by atoms with Crippen LogP contribution in [0.1, 0.15) is 59.8 Å². The molecule has 3 amide bonds. The fraction of sp³-hybridized carbons (Fsp3) is 0.375. The van der Waals surface area contributed by atoms with Crippen LogP contribution in [-0.2, 0) is 0 Å². The van der Waals surface area contributed by atoms with Crippen LogP contribution in [0.25, 0.3) is 10.2 Å². The number of nitrogens with one attached hydrogen (secondary N) is 2. The Balaban J connectivity index is 1.57. The zero-order valence-electron chi connectivity index (χ0n) is 18.4. The van der Waals surface area contributed by atoms with Gasteiger partial charge in [-0.3, -0.25) is 9.69 Å². The fourth-order valence-electron chi connectivity index (χ4n) is 4.67. The number of aromatic nitrogens is 1. The largest absolute Gasteiger partial charge is 0.347 e. The summed E-state index contributed by atoms with van der Waals surface area (Å²) in [5.74, 6) is 0.200. The van der Waals surface area contributed by atoms with Gasteiger partial charge in [-0.2, -0.15) is 0 Å². The standard InChI is InChI=1S/C24H27N5O2S/c1-12(2)14-7-8-17(13(3)11-14)29-18-9-10-26-23-19(18)20(28-24(29)31)21(32-23)22(30)27-16-6-4-5-15(16)25/h7-12,15-16H,4-6,25H2,1-3H3,(H,27,30)(H,28,31)/t15-,16+/m0/s1. The van der Waals surface area contributed by atoms with Gasteiger partial charge in [-0.1, -0.05) is 26.0 Å². The van der Waals surface area contributed by atoms with Gasteiger partial charge in [-0.25, -0.2) is 9.78 Å². The number of rotatable bonds is 4. The van der Waals surface area contributed by atoms with Crippen molar-refractivity contribution < 1.29 is 9.59 Å². The Morgan fingerprint density at radius 1 is 1.28 bits per heavy atom. The van der Waals surface area contributed by atoms with Crippen LogP contribution in [0.3, 0.4) is 0 Å². The number of pyridine rings is 1. The molecule has 8 heteroatoms. The van der Waals surface area contributed by atoms with E-state index in [0.717, 1.165) is 46.4 Å². The molecule has 1 aliphatic carbocycles. The number of urea groups is 1. The topological polar surface area (TPSA) is 100 Å². The second-order valence-corrected chi connectivity index (χ2v) is 9.96. The molecule has 32 heavy (non-hydrogen) atoms. The van der Waals surface area contributed by atoms with Crippen LogP contribution < -0.4 is 21.3 Å². The van der Waals surface area contributed by atoms with E-state index in [4.69, 9.17) is 5.73 Å². The van der Waals surface area contributed by atoms with Gasteiger partial charge in [0.05, 0.1) is 22.4 Å². The van der Waals surface area contributed by atoms with Crippen molar-refractivity contribution in [2.45, 2.75) is 58.0 Å². The van der Waals surface area contributed by atoms with Crippen molar-refractivity contribution in [1.29, 1.82) is 0 Å². The minimum atomic E-state index is -0.282. The van der Waals surface area contributed by atoms with Crippen molar-refractivity contribution in [2.75, 3.05) is 10.2 Å². The lowest BCUT2D eigenvalue weighted by molar-refractivity contribution is 0.0939. The van der Waals surface area contributed by atoms with Crippen LogP contribution in [0.15, 0.2) is 30.5 Å². The third-order valence-electron chi connectivity index (χ3n) is 6.47. The molecule has 1 aromatic carbocycles.